The van der Waals surface area contributed by atoms with Crippen LogP contribution in [0.3, 0.4) is 0 Å². The number of benzene rings is 1. The van der Waals surface area contributed by atoms with Gasteiger partial charge in [0, 0.05) is 19.0 Å². The molecule has 9 nitrogen and oxygen atoms in total. The molecule has 0 bridgehead atoms. The minimum absolute atomic E-state index is 0.0766. The molecular weight excluding hydrogens is 539 g/mol. The molecule has 0 aliphatic carbocycles. The summed E-state index contributed by atoms with van der Waals surface area (Å²) in [4.78, 5) is 25.2. The van der Waals surface area contributed by atoms with Crippen LogP contribution in [0, 0.1) is 0 Å². The second-order valence-corrected chi connectivity index (χ2v) is 10.0. The van der Waals surface area contributed by atoms with Crippen LogP contribution in [0.5, 0.6) is 5.75 Å². The molecule has 2 unspecified atom stereocenters. The van der Waals surface area contributed by atoms with Crippen LogP contribution >= 0.6 is 0 Å². The van der Waals surface area contributed by atoms with Gasteiger partial charge in [0.2, 0.25) is 0 Å². The van der Waals surface area contributed by atoms with Crippen molar-refractivity contribution in [1.29, 1.82) is 0 Å². The number of fused-ring (bicyclic) bond motifs is 1. The van der Waals surface area contributed by atoms with Gasteiger partial charge in [-0.15, -0.1) is 0 Å². The molecule has 2 atom stereocenters. The number of amides is 2. The van der Waals surface area contributed by atoms with E-state index in [0.717, 1.165) is 5.56 Å². The molecule has 0 radical (unpaired) electrons. The fourth-order valence-corrected chi connectivity index (χ4v) is 4.38. The number of nitrogens with zero attached hydrogens (tertiary/aromatic N) is 2. The Balaban J connectivity index is 1.69. The summed E-state index contributed by atoms with van der Waals surface area (Å²) in [5.74, 6) is -1.23. The molecule has 1 aliphatic rings. The maximum Gasteiger partial charge on any atom is 0.422 e. The van der Waals surface area contributed by atoms with E-state index in [4.69, 9.17) is 4.74 Å². The van der Waals surface area contributed by atoms with Crippen molar-refractivity contribution in [3.63, 3.8) is 0 Å². The lowest BCUT2D eigenvalue weighted by Gasteiger charge is -2.23. The number of rotatable bonds is 13. The number of aromatic nitrogens is 2. The second kappa shape index (κ2) is 13.2. The Morgan fingerprint density at radius 2 is 2.13 bits per heavy atom. The predicted molar refractivity (Wildman–Crippen MR) is 128 cm³/mol. The normalized spacial score (nSPS) is 16.2. The standard InChI is InChI=1S/C23H27F5N4O5S/c1-38(35)12-18(33)30-20-19-17(31-32(20)8-3-9-36-22(24)25)11-15(29-21(19)34)7-6-14-4-2-5-16(10-14)37-13-23(26,27)28/h2,4-5,10,15,22H,3,6-9,11-13H2,1H3,(H,29,34)(H,30,33). The average Bonchev–Trinajstić information content (AvgIpc) is 3.15. The zero-order valence-corrected chi connectivity index (χ0v) is 21.2. The van der Waals surface area contributed by atoms with Gasteiger partial charge in [0.05, 0.1) is 18.6 Å². The summed E-state index contributed by atoms with van der Waals surface area (Å²) in [6, 6.07) is 5.89. The summed E-state index contributed by atoms with van der Waals surface area (Å²) in [6.07, 6.45) is -1.80. The van der Waals surface area contributed by atoms with E-state index in [1.807, 2.05) is 0 Å². The predicted octanol–water partition coefficient (Wildman–Crippen LogP) is 3.06. The molecule has 1 aromatic heterocycles. The molecule has 0 spiro atoms. The summed E-state index contributed by atoms with van der Waals surface area (Å²) in [5, 5.41) is 9.81. The summed E-state index contributed by atoms with van der Waals surface area (Å²) < 4.78 is 83.6. The van der Waals surface area contributed by atoms with E-state index in [-0.39, 0.29) is 48.5 Å². The highest BCUT2D eigenvalue weighted by molar-refractivity contribution is 7.91. The monoisotopic (exact) mass is 566 g/mol. The number of alkyl halides is 5. The maximum absolute atomic E-state index is 13.0. The van der Waals surface area contributed by atoms with Gasteiger partial charge in [-0.3, -0.25) is 9.59 Å². The quantitative estimate of drug-likeness (QED) is 0.219. The number of ether oxygens (including phenoxy) is 2. The number of hydrogen-bond acceptors (Lipinski definition) is 6. The highest BCUT2D eigenvalue weighted by Crippen LogP contribution is 2.27. The van der Waals surface area contributed by atoms with Gasteiger partial charge in [-0.25, -0.2) is 4.68 Å². The maximum atomic E-state index is 13.0. The smallest absolute Gasteiger partial charge is 0.422 e. The molecule has 38 heavy (non-hydrogen) atoms. The van der Waals surface area contributed by atoms with Gasteiger partial charge in [0.1, 0.15) is 17.1 Å². The van der Waals surface area contributed by atoms with Crippen LogP contribution in [-0.4, -0.2) is 70.2 Å². The van der Waals surface area contributed by atoms with E-state index in [2.05, 4.69) is 20.5 Å². The van der Waals surface area contributed by atoms with Gasteiger partial charge in [0.15, 0.2) is 12.4 Å². The van der Waals surface area contributed by atoms with E-state index in [0.29, 0.717) is 25.0 Å². The average molecular weight is 567 g/mol. The number of hydrogen-bond donors (Lipinski definition) is 2. The first-order valence-corrected chi connectivity index (χ1v) is 13.3. The van der Waals surface area contributed by atoms with Crippen LogP contribution in [0.15, 0.2) is 24.3 Å². The Labute approximate surface area is 218 Å². The van der Waals surface area contributed by atoms with Crippen molar-refractivity contribution in [1.82, 2.24) is 15.1 Å². The van der Waals surface area contributed by atoms with Gasteiger partial charge in [-0.05, 0) is 48.1 Å². The van der Waals surface area contributed by atoms with E-state index < -0.39 is 42.4 Å². The van der Waals surface area contributed by atoms with Crippen LogP contribution in [-0.2, 0) is 40.1 Å². The van der Waals surface area contributed by atoms with Crippen molar-refractivity contribution in [2.45, 2.75) is 51.1 Å². The molecule has 3 rings (SSSR count). The Kier molecular flexibility index (Phi) is 10.3. The molecule has 2 N–H and O–H groups in total. The molecule has 2 amide bonds. The lowest BCUT2D eigenvalue weighted by molar-refractivity contribution is -0.153. The minimum Gasteiger partial charge on any atom is -0.616 e. The number of halogens is 5. The van der Waals surface area contributed by atoms with Crippen LogP contribution in [0.25, 0.3) is 0 Å². The van der Waals surface area contributed by atoms with Crippen molar-refractivity contribution >= 4 is 28.8 Å². The molecule has 0 saturated carbocycles. The highest BCUT2D eigenvalue weighted by Gasteiger charge is 2.33. The highest BCUT2D eigenvalue weighted by atomic mass is 32.2. The Bertz CT molecular complexity index is 1110. The van der Waals surface area contributed by atoms with Crippen molar-refractivity contribution in [3.8, 4) is 5.75 Å². The Morgan fingerprint density at radius 3 is 2.82 bits per heavy atom. The summed E-state index contributed by atoms with van der Waals surface area (Å²) >= 11 is -1.43. The number of carbonyl (C=O) groups is 2. The van der Waals surface area contributed by atoms with Crippen molar-refractivity contribution in [3.05, 3.63) is 41.1 Å². The lowest BCUT2D eigenvalue weighted by Crippen LogP contribution is -2.41. The zero-order valence-electron chi connectivity index (χ0n) is 20.4. The first-order chi connectivity index (χ1) is 17.9. The second-order valence-electron chi connectivity index (χ2n) is 8.61. The third-order valence-corrected chi connectivity index (χ3v) is 6.13. The first kappa shape index (κ1) is 29.6. The molecule has 2 heterocycles. The SMILES string of the molecule is C[S+]([O-])CC(=O)Nc1c2c(nn1CCCOC(F)F)CC(CCc1cccc(OCC(F)(F)F)c1)NC2=O. The lowest BCUT2D eigenvalue weighted by atomic mass is 9.96. The van der Waals surface area contributed by atoms with Gasteiger partial charge < -0.3 is 24.7 Å². The van der Waals surface area contributed by atoms with Crippen LogP contribution in [0.1, 0.15) is 34.5 Å². The van der Waals surface area contributed by atoms with Gasteiger partial charge in [-0.1, -0.05) is 12.1 Å². The van der Waals surface area contributed by atoms with Crippen LogP contribution in [0.2, 0.25) is 0 Å². The fraction of sp³-hybridized carbons (Fsp3) is 0.522. The summed E-state index contributed by atoms with van der Waals surface area (Å²) in [7, 11) is 0. The third-order valence-electron chi connectivity index (χ3n) is 5.46. The molecule has 0 fully saturated rings. The summed E-state index contributed by atoms with van der Waals surface area (Å²) in [6.45, 7) is -4.52. The number of anilines is 1. The number of nitrogens with one attached hydrogen (secondary N) is 2. The number of carbonyl (C=O) groups excluding carboxylic acids is 2. The van der Waals surface area contributed by atoms with Gasteiger partial charge in [0.25, 0.3) is 11.8 Å². The topological polar surface area (TPSA) is 118 Å². The molecule has 0 saturated heterocycles. The summed E-state index contributed by atoms with van der Waals surface area (Å²) in [5.41, 5.74) is 1.24. The Morgan fingerprint density at radius 1 is 1.37 bits per heavy atom. The first-order valence-electron chi connectivity index (χ1n) is 11.6. The molecular formula is C23H27F5N4O5S. The van der Waals surface area contributed by atoms with E-state index >= 15 is 0 Å². The number of aryl methyl sites for hydroxylation is 2. The molecule has 1 aromatic carbocycles. The van der Waals surface area contributed by atoms with E-state index in [1.165, 1.54) is 23.1 Å². The minimum atomic E-state index is -4.45. The molecule has 1 aliphatic heterocycles. The Hall–Kier alpha value is -2.91. The van der Waals surface area contributed by atoms with Gasteiger partial charge in [-0.2, -0.15) is 27.1 Å². The van der Waals surface area contributed by atoms with Crippen molar-refractivity contribution in [2.24, 2.45) is 0 Å². The van der Waals surface area contributed by atoms with Crippen LogP contribution in [0.4, 0.5) is 27.8 Å². The van der Waals surface area contributed by atoms with Crippen molar-refractivity contribution < 1.29 is 45.6 Å². The van der Waals surface area contributed by atoms with Crippen LogP contribution < -0.4 is 15.4 Å². The fourth-order valence-electron chi connectivity index (χ4n) is 3.93. The molecule has 2 aromatic rings. The molecule has 210 valence electrons. The molecule has 15 heteroatoms. The zero-order chi connectivity index (χ0) is 27.9. The van der Waals surface area contributed by atoms with Gasteiger partial charge >= 0.3 is 12.8 Å². The third kappa shape index (κ3) is 9.13. The van der Waals surface area contributed by atoms with E-state index in [9.17, 15) is 36.1 Å². The largest absolute Gasteiger partial charge is 0.616 e. The van der Waals surface area contributed by atoms with E-state index in [1.54, 1.807) is 12.1 Å². The van der Waals surface area contributed by atoms with Crippen molar-refractivity contribution in [2.75, 3.05) is 30.5 Å².